The summed E-state index contributed by atoms with van der Waals surface area (Å²) in [6.07, 6.45) is 0.175. The van der Waals surface area contributed by atoms with Gasteiger partial charge in [-0.3, -0.25) is 4.79 Å². The lowest BCUT2D eigenvalue weighted by Gasteiger charge is -2.23. The van der Waals surface area contributed by atoms with E-state index in [1.165, 1.54) is 0 Å². The second-order valence-electron chi connectivity index (χ2n) is 7.35. The van der Waals surface area contributed by atoms with E-state index in [-0.39, 0.29) is 23.3 Å². The number of phenols is 1. The van der Waals surface area contributed by atoms with Crippen molar-refractivity contribution in [3.8, 4) is 5.75 Å². The van der Waals surface area contributed by atoms with Crippen molar-refractivity contribution in [2.24, 2.45) is 0 Å². The number of amides is 1. The van der Waals surface area contributed by atoms with Gasteiger partial charge in [-0.25, -0.2) is 4.79 Å². The van der Waals surface area contributed by atoms with Crippen molar-refractivity contribution in [1.29, 1.82) is 0 Å². The van der Waals surface area contributed by atoms with Crippen molar-refractivity contribution in [2.45, 2.75) is 32.9 Å². The first-order valence-corrected chi connectivity index (χ1v) is 10.8. The molecule has 0 unspecified atom stereocenters. The van der Waals surface area contributed by atoms with Gasteiger partial charge in [0.2, 0.25) is 0 Å². The molecule has 1 heterocycles. The lowest BCUT2D eigenvalue weighted by Crippen LogP contribution is -2.40. The van der Waals surface area contributed by atoms with Gasteiger partial charge in [-0.15, -0.1) is 0 Å². The largest absolute Gasteiger partial charge is 0.506 e. The second kappa shape index (κ2) is 10.3. The molecular weight excluding hydrogens is 402 g/mol. The molecule has 0 bridgehead atoms. The molecule has 160 valence electrons. The van der Waals surface area contributed by atoms with E-state index in [1.54, 1.807) is 17.0 Å². The zero-order chi connectivity index (χ0) is 21.5. The Morgan fingerprint density at radius 2 is 1.97 bits per heavy atom. The molecule has 0 atom stereocenters. The van der Waals surface area contributed by atoms with Gasteiger partial charge >= 0.3 is 11.0 Å². The van der Waals surface area contributed by atoms with Crippen LogP contribution in [0.15, 0.2) is 47.3 Å². The predicted octanol–water partition coefficient (Wildman–Crippen LogP) is 3.47. The average Bonchev–Trinajstić information content (AvgIpc) is 3.13. The van der Waals surface area contributed by atoms with E-state index in [2.05, 4.69) is 24.1 Å². The van der Waals surface area contributed by atoms with Gasteiger partial charge in [0, 0.05) is 25.7 Å². The van der Waals surface area contributed by atoms with Gasteiger partial charge in [0.25, 0.3) is 0 Å². The maximum atomic E-state index is 12.7. The minimum atomic E-state index is -0.373. The fourth-order valence-corrected chi connectivity index (χ4v) is 4.02. The van der Waals surface area contributed by atoms with Crippen LogP contribution in [-0.4, -0.2) is 46.8 Å². The summed E-state index contributed by atoms with van der Waals surface area (Å²) in [5.41, 5.74) is 2.29. The number of hydrogen-bond acceptors (Lipinski definition) is 6. The SMILES string of the molecule is CC(C)NCCN(CCc1ccc(O)c2[nH]c(=O)sc12)C(=O)OCc1ccccc1. The molecule has 1 amide bonds. The summed E-state index contributed by atoms with van der Waals surface area (Å²) in [6, 6.07) is 13.2. The summed E-state index contributed by atoms with van der Waals surface area (Å²) in [4.78, 5) is 28.6. The van der Waals surface area contributed by atoms with Gasteiger partial charge in [-0.05, 0) is 23.6 Å². The third-order valence-electron chi connectivity index (χ3n) is 4.69. The Labute approximate surface area is 179 Å². The quantitative estimate of drug-likeness (QED) is 0.484. The molecular formula is C22H27N3O4S. The number of aromatic hydroxyl groups is 1. The lowest BCUT2D eigenvalue weighted by atomic mass is 10.1. The molecule has 3 rings (SSSR count). The zero-order valence-electron chi connectivity index (χ0n) is 17.2. The topological polar surface area (TPSA) is 94.7 Å². The fraction of sp³-hybridized carbons (Fsp3) is 0.364. The van der Waals surface area contributed by atoms with E-state index < -0.39 is 0 Å². The molecule has 7 nitrogen and oxygen atoms in total. The molecule has 2 aromatic carbocycles. The number of benzene rings is 2. The number of phenolic OH excluding ortho intramolecular Hbond substituents is 1. The van der Waals surface area contributed by atoms with Crippen LogP contribution in [0.1, 0.15) is 25.0 Å². The molecule has 1 aromatic heterocycles. The Hall–Kier alpha value is -2.84. The maximum Gasteiger partial charge on any atom is 0.410 e. The minimum Gasteiger partial charge on any atom is -0.506 e. The molecule has 0 aliphatic heterocycles. The number of carbonyl (C=O) groups is 1. The molecule has 0 aliphatic rings. The van der Waals surface area contributed by atoms with Crippen LogP contribution in [0, 0.1) is 0 Å². The van der Waals surface area contributed by atoms with E-state index in [0.717, 1.165) is 27.2 Å². The Morgan fingerprint density at radius 1 is 1.20 bits per heavy atom. The van der Waals surface area contributed by atoms with Crippen LogP contribution in [-0.2, 0) is 17.8 Å². The van der Waals surface area contributed by atoms with Crippen molar-refractivity contribution in [2.75, 3.05) is 19.6 Å². The highest BCUT2D eigenvalue weighted by molar-refractivity contribution is 7.16. The van der Waals surface area contributed by atoms with Gasteiger partial charge in [0.1, 0.15) is 17.9 Å². The summed E-state index contributed by atoms with van der Waals surface area (Å²) in [5, 5.41) is 13.3. The molecule has 0 spiro atoms. The number of thiazole rings is 1. The predicted molar refractivity (Wildman–Crippen MR) is 119 cm³/mol. The number of fused-ring (bicyclic) bond motifs is 1. The molecule has 8 heteroatoms. The normalized spacial score (nSPS) is 11.2. The third kappa shape index (κ3) is 5.84. The highest BCUT2D eigenvalue weighted by Crippen LogP contribution is 2.28. The number of nitrogens with one attached hydrogen (secondary N) is 2. The summed E-state index contributed by atoms with van der Waals surface area (Å²) in [5.74, 6) is 0.0485. The molecule has 30 heavy (non-hydrogen) atoms. The van der Waals surface area contributed by atoms with Crippen LogP contribution in [0.5, 0.6) is 5.75 Å². The number of aromatic nitrogens is 1. The molecule has 0 radical (unpaired) electrons. The number of H-pyrrole nitrogens is 1. The highest BCUT2D eigenvalue weighted by Gasteiger charge is 2.17. The van der Waals surface area contributed by atoms with Crippen molar-refractivity contribution in [1.82, 2.24) is 15.2 Å². The average molecular weight is 430 g/mol. The van der Waals surface area contributed by atoms with Crippen molar-refractivity contribution >= 4 is 27.6 Å². The van der Waals surface area contributed by atoms with E-state index in [9.17, 15) is 14.7 Å². The van der Waals surface area contributed by atoms with E-state index in [1.807, 2.05) is 30.3 Å². The summed E-state index contributed by atoms with van der Waals surface area (Å²) in [6.45, 7) is 5.94. The first-order valence-electron chi connectivity index (χ1n) is 9.96. The first kappa shape index (κ1) is 21.9. The number of nitrogens with zero attached hydrogens (tertiary/aromatic N) is 1. The monoisotopic (exact) mass is 429 g/mol. The van der Waals surface area contributed by atoms with E-state index in [0.29, 0.717) is 37.6 Å². The highest BCUT2D eigenvalue weighted by atomic mass is 32.1. The number of rotatable bonds is 9. The Kier molecular flexibility index (Phi) is 7.48. The smallest absolute Gasteiger partial charge is 0.410 e. The minimum absolute atomic E-state index is 0.0485. The first-order chi connectivity index (χ1) is 14.4. The standard InChI is InChI=1S/C22H27N3O4S/c1-15(2)23-11-13-25(22(28)29-14-16-6-4-3-5-7-16)12-10-17-8-9-18(26)19-20(17)30-21(27)24-19/h3-9,15,23,26H,10-14H2,1-2H3,(H,24,27). The number of ether oxygens (including phenoxy) is 1. The number of carbonyl (C=O) groups excluding carboxylic acids is 1. The Morgan fingerprint density at radius 3 is 2.70 bits per heavy atom. The molecule has 3 aromatic rings. The van der Waals surface area contributed by atoms with Crippen LogP contribution < -0.4 is 10.2 Å². The zero-order valence-corrected chi connectivity index (χ0v) is 18.0. The van der Waals surface area contributed by atoms with Crippen molar-refractivity contribution < 1.29 is 14.6 Å². The number of aromatic amines is 1. The molecule has 0 saturated carbocycles. The third-order valence-corrected chi connectivity index (χ3v) is 5.65. The van der Waals surface area contributed by atoms with Gasteiger partial charge in [-0.1, -0.05) is 61.6 Å². The van der Waals surface area contributed by atoms with Gasteiger partial charge < -0.3 is 25.0 Å². The number of hydrogen-bond donors (Lipinski definition) is 3. The second-order valence-corrected chi connectivity index (χ2v) is 8.33. The van der Waals surface area contributed by atoms with Gasteiger partial charge in [0.15, 0.2) is 0 Å². The van der Waals surface area contributed by atoms with Crippen LogP contribution in [0.4, 0.5) is 4.79 Å². The van der Waals surface area contributed by atoms with E-state index >= 15 is 0 Å². The lowest BCUT2D eigenvalue weighted by molar-refractivity contribution is 0.0966. The van der Waals surface area contributed by atoms with Crippen LogP contribution in [0.3, 0.4) is 0 Å². The summed E-state index contributed by atoms with van der Waals surface area (Å²) >= 11 is 1.06. The van der Waals surface area contributed by atoms with Crippen molar-refractivity contribution in [3.05, 3.63) is 63.3 Å². The van der Waals surface area contributed by atoms with Crippen LogP contribution >= 0.6 is 11.3 Å². The van der Waals surface area contributed by atoms with Gasteiger partial charge in [-0.2, -0.15) is 0 Å². The summed E-state index contributed by atoms with van der Waals surface area (Å²) in [7, 11) is 0. The molecule has 0 saturated heterocycles. The molecule has 0 fully saturated rings. The summed E-state index contributed by atoms with van der Waals surface area (Å²) < 4.78 is 6.23. The van der Waals surface area contributed by atoms with Crippen LogP contribution in [0.25, 0.3) is 10.2 Å². The van der Waals surface area contributed by atoms with Crippen molar-refractivity contribution in [3.63, 3.8) is 0 Å². The maximum absolute atomic E-state index is 12.7. The fourth-order valence-electron chi connectivity index (χ4n) is 3.12. The van der Waals surface area contributed by atoms with Gasteiger partial charge in [0.05, 0.1) is 4.70 Å². The van der Waals surface area contributed by atoms with Crippen LogP contribution in [0.2, 0.25) is 0 Å². The Balaban J connectivity index is 1.68. The van der Waals surface area contributed by atoms with E-state index in [4.69, 9.17) is 4.74 Å². The molecule has 0 aliphatic carbocycles. The molecule has 3 N–H and O–H groups in total. The Bertz CT molecular complexity index is 1030.